The highest BCUT2D eigenvalue weighted by molar-refractivity contribution is 5.74. The topological polar surface area (TPSA) is 44.8 Å². The van der Waals surface area contributed by atoms with Crippen molar-refractivity contribution in [2.75, 3.05) is 7.11 Å². The van der Waals surface area contributed by atoms with Gasteiger partial charge in [0.05, 0.1) is 7.11 Å². The van der Waals surface area contributed by atoms with Crippen LogP contribution < -0.4 is 9.47 Å². The van der Waals surface area contributed by atoms with E-state index < -0.39 is 12.1 Å². The lowest BCUT2D eigenvalue weighted by molar-refractivity contribution is -0.147. The highest BCUT2D eigenvalue weighted by Crippen LogP contribution is 2.19. The Kier molecular flexibility index (Phi) is 5.21. The number of carbonyl (C=O) groups is 1. The van der Waals surface area contributed by atoms with Gasteiger partial charge in [-0.1, -0.05) is 30.3 Å². The van der Waals surface area contributed by atoms with E-state index >= 15 is 0 Å². The third-order valence-electron chi connectivity index (χ3n) is 2.92. The summed E-state index contributed by atoms with van der Waals surface area (Å²) in [5.74, 6) is 0.941. The van der Waals surface area contributed by atoms with Crippen LogP contribution in [0.1, 0.15) is 12.5 Å². The molecule has 0 fully saturated rings. The summed E-state index contributed by atoms with van der Waals surface area (Å²) in [5, 5.41) is 0. The van der Waals surface area contributed by atoms with E-state index in [4.69, 9.17) is 9.47 Å². The van der Waals surface area contributed by atoms with Gasteiger partial charge in [0.1, 0.15) is 18.1 Å². The fourth-order valence-corrected chi connectivity index (χ4v) is 1.77. The molecule has 0 aromatic heterocycles. The van der Waals surface area contributed by atoms with Crippen LogP contribution >= 0.6 is 0 Å². The summed E-state index contributed by atoms with van der Waals surface area (Å²) in [6.07, 6.45) is -0.633. The smallest absolute Gasteiger partial charge is 0.346 e. The van der Waals surface area contributed by atoms with Gasteiger partial charge in [0.25, 0.3) is 0 Å². The lowest BCUT2D eigenvalue weighted by Gasteiger charge is -2.13. The number of benzene rings is 2. The van der Waals surface area contributed by atoms with Gasteiger partial charge in [-0.05, 0) is 36.8 Å². The van der Waals surface area contributed by atoms with Crippen molar-refractivity contribution >= 4 is 5.97 Å². The van der Waals surface area contributed by atoms with Crippen LogP contribution in [-0.2, 0) is 16.1 Å². The molecule has 0 heterocycles. The Bertz CT molecular complexity index is 563. The van der Waals surface area contributed by atoms with E-state index in [9.17, 15) is 4.79 Å². The summed E-state index contributed by atoms with van der Waals surface area (Å²) >= 11 is 0. The van der Waals surface area contributed by atoms with Crippen LogP contribution in [0.3, 0.4) is 0 Å². The molecule has 21 heavy (non-hydrogen) atoms. The molecule has 4 nitrogen and oxygen atoms in total. The van der Waals surface area contributed by atoms with E-state index in [0.29, 0.717) is 12.4 Å². The molecule has 2 rings (SSSR count). The van der Waals surface area contributed by atoms with Crippen molar-refractivity contribution < 1.29 is 19.0 Å². The highest BCUT2D eigenvalue weighted by Gasteiger charge is 2.14. The Hall–Kier alpha value is -2.49. The van der Waals surface area contributed by atoms with Gasteiger partial charge >= 0.3 is 5.97 Å². The van der Waals surface area contributed by atoms with Gasteiger partial charge in [0.15, 0.2) is 6.10 Å². The zero-order valence-corrected chi connectivity index (χ0v) is 12.1. The Balaban J connectivity index is 1.88. The molecular weight excluding hydrogens is 268 g/mol. The first-order chi connectivity index (χ1) is 10.2. The molecule has 0 aliphatic carbocycles. The third kappa shape index (κ3) is 4.53. The molecule has 0 aliphatic heterocycles. The molecule has 0 radical (unpaired) electrons. The monoisotopic (exact) mass is 286 g/mol. The lowest BCUT2D eigenvalue weighted by atomic mass is 10.2. The van der Waals surface area contributed by atoms with Crippen LogP contribution in [0.5, 0.6) is 11.5 Å². The Morgan fingerprint density at radius 1 is 1.00 bits per heavy atom. The molecule has 0 bridgehead atoms. The molecule has 0 saturated heterocycles. The number of ether oxygens (including phenoxy) is 3. The van der Waals surface area contributed by atoms with E-state index in [1.54, 1.807) is 19.1 Å². The summed E-state index contributed by atoms with van der Waals surface area (Å²) in [7, 11) is 1.34. The number of hydrogen-bond acceptors (Lipinski definition) is 4. The van der Waals surface area contributed by atoms with Crippen molar-refractivity contribution in [2.24, 2.45) is 0 Å². The summed E-state index contributed by atoms with van der Waals surface area (Å²) in [4.78, 5) is 11.3. The Morgan fingerprint density at radius 2 is 1.62 bits per heavy atom. The van der Waals surface area contributed by atoms with Crippen molar-refractivity contribution in [3.05, 3.63) is 60.2 Å². The Labute approximate surface area is 124 Å². The maximum absolute atomic E-state index is 11.3. The SMILES string of the molecule is COC(=O)C(C)Oc1ccc(OCc2ccccc2)cc1. The van der Waals surface area contributed by atoms with Crippen LogP contribution in [-0.4, -0.2) is 19.2 Å². The predicted octanol–water partition coefficient (Wildman–Crippen LogP) is 3.21. The van der Waals surface area contributed by atoms with E-state index in [1.807, 2.05) is 42.5 Å². The first-order valence-corrected chi connectivity index (χ1v) is 6.70. The fourth-order valence-electron chi connectivity index (χ4n) is 1.77. The second-order valence-corrected chi connectivity index (χ2v) is 4.53. The molecule has 2 aromatic rings. The number of hydrogen-bond donors (Lipinski definition) is 0. The molecule has 0 spiro atoms. The summed E-state index contributed by atoms with van der Waals surface area (Å²) in [6.45, 7) is 2.16. The maximum Gasteiger partial charge on any atom is 0.346 e. The predicted molar refractivity (Wildman–Crippen MR) is 79.3 cm³/mol. The largest absolute Gasteiger partial charge is 0.489 e. The van der Waals surface area contributed by atoms with E-state index in [0.717, 1.165) is 11.3 Å². The average molecular weight is 286 g/mol. The van der Waals surface area contributed by atoms with Crippen LogP contribution in [0.2, 0.25) is 0 Å². The number of carbonyl (C=O) groups excluding carboxylic acids is 1. The second-order valence-electron chi connectivity index (χ2n) is 4.53. The van der Waals surface area contributed by atoms with E-state index in [1.165, 1.54) is 7.11 Å². The molecule has 1 unspecified atom stereocenters. The molecule has 0 saturated carbocycles. The number of rotatable bonds is 6. The molecule has 0 aliphatic rings. The van der Waals surface area contributed by atoms with Gasteiger partial charge in [-0.15, -0.1) is 0 Å². The zero-order chi connectivity index (χ0) is 15.1. The van der Waals surface area contributed by atoms with Gasteiger partial charge in [0, 0.05) is 0 Å². The number of methoxy groups -OCH3 is 1. The summed E-state index contributed by atoms with van der Waals surface area (Å²) < 4.78 is 15.7. The van der Waals surface area contributed by atoms with Crippen molar-refractivity contribution in [1.82, 2.24) is 0 Å². The molecule has 0 amide bonds. The molecular formula is C17H18O4. The van der Waals surface area contributed by atoms with Crippen molar-refractivity contribution in [3.8, 4) is 11.5 Å². The van der Waals surface area contributed by atoms with Crippen LogP contribution in [0.25, 0.3) is 0 Å². The van der Waals surface area contributed by atoms with Gasteiger partial charge in [-0.3, -0.25) is 0 Å². The molecule has 4 heteroatoms. The van der Waals surface area contributed by atoms with Crippen LogP contribution in [0.4, 0.5) is 0 Å². The number of esters is 1. The van der Waals surface area contributed by atoms with Gasteiger partial charge in [-0.25, -0.2) is 4.79 Å². The zero-order valence-electron chi connectivity index (χ0n) is 12.1. The van der Waals surface area contributed by atoms with Gasteiger partial charge in [0.2, 0.25) is 0 Å². The minimum atomic E-state index is -0.633. The van der Waals surface area contributed by atoms with Crippen LogP contribution in [0, 0.1) is 0 Å². The van der Waals surface area contributed by atoms with Crippen LogP contribution in [0.15, 0.2) is 54.6 Å². The summed E-state index contributed by atoms with van der Waals surface area (Å²) in [5.41, 5.74) is 1.11. The first kappa shape index (κ1) is 14.9. The van der Waals surface area contributed by atoms with E-state index in [-0.39, 0.29) is 0 Å². The Morgan fingerprint density at radius 3 is 2.24 bits per heavy atom. The third-order valence-corrected chi connectivity index (χ3v) is 2.92. The van der Waals surface area contributed by atoms with Crippen molar-refractivity contribution in [2.45, 2.75) is 19.6 Å². The van der Waals surface area contributed by atoms with Gasteiger partial charge < -0.3 is 14.2 Å². The summed E-state index contributed by atoms with van der Waals surface area (Å²) in [6, 6.07) is 17.1. The highest BCUT2D eigenvalue weighted by atomic mass is 16.6. The lowest BCUT2D eigenvalue weighted by Crippen LogP contribution is -2.24. The van der Waals surface area contributed by atoms with E-state index in [2.05, 4.69) is 4.74 Å². The molecule has 2 aromatic carbocycles. The maximum atomic E-state index is 11.3. The van der Waals surface area contributed by atoms with Crippen molar-refractivity contribution in [3.63, 3.8) is 0 Å². The molecule has 110 valence electrons. The average Bonchev–Trinajstić information content (AvgIpc) is 2.54. The fraction of sp³-hybridized carbons (Fsp3) is 0.235. The molecule has 0 N–H and O–H groups in total. The first-order valence-electron chi connectivity index (χ1n) is 6.70. The minimum absolute atomic E-state index is 0.403. The minimum Gasteiger partial charge on any atom is -0.489 e. The standard InChI is InChI=1S/C17H18O4/c1-13(17(18)19-2)21-16-10-8-15(9-11-16)20-12-14-6-4-3-5-7-14/h3-11,13H,12H2,1-2H3. The van der Waals surface area contributed by atoms with Crippen molar-refractivity contribution in [1.29, 1.82) is 0 Å². The van der Waals surface area contributed by atoms with Gasteiger partial charge in [-0.2, -0.15) is 0 Å². The molecule has 1 atom stereocenters. The quantitative estimate of drug-likeness (QED) is 0.765. The second kappa shape index (κ2) is 7.33. The normalized spacial score (nSPS) is 11.5.